The normalized spacial score (nSPS) is 20.1. The molecule has 5 heteroatoms. The Bertz CT molecular complexity index is 634. The highest BCUT2D eigenvalue weighted by Gasteiger charge is 2.20. The number of fused-ring (bicyclic) bond motifs is 1. The summed E-state index contributed by atoms with van der Waals surface area (Å²) in [6, 6.07) is 7.76. The Morgan fingerprint density at radius 2 is 2.35 bits per heavy atom. The minimum Gasteiger partial charge on any atom is -0.397 e. The number of nitrogen functional groups attached to an aromatic ring is 1. The maximum absolute atomic E-state index is 12.3. The van der Waals surface area contributed by atoms with Gasteiger partial charge in [0.2, 0.25) is 0 Å². The Kier molecular flexibility index (Phi) is 3.36. The van der Waals surface area contributed by atoms with Gasteiger partial charge in [0, 0.05) is 18.0 Å². The standard InChI is InChI=1S/C15H20N4O/c1-19-7-3-5-11(9-19)17-15(20)13-8-10-4-2-6-12(16)14(10)18-13/h2,4,6,8,11,18H,3,5,7,9,16H2,1H3,(H,17,20). The Hall–Kier alpha value is -2.01. The van der Waals surface area contributed by atoms with Gasteiger partial charge in [-0.1, -0.05) is 12.1 Å². The molecule has 0 radical (unpaired) electrons. The number of aromatic nitrogens is 1. The third-order valence-electron chi connectivity index (χ3n) is 3.89. The molecule has 2 aromatic rings. The van der Waals surface area contributed by atoms with Crippen molar-refractivity contribution in [1.29, 1.82) is 0 Å². The van der Waals surface area contributed by atoms with Crippen LogP contribution in [-0.4, -0.2) is 42.0 Å². The van der Waals surface area contributed by atoms with Crippen molar-refractivity contribution in [2.75, 3.05) is 25.9 Å². The molecule has 1 aliphatic heterocycles. The molecule has 0 bridgehead atoms. The molecule has 5 nitrogen and oxygen atoms in total. The lowest BCUT2D eigenvalue weighted by Crippen LogP contribution is -2.46. The Balaban J connectivity index is 1.77. The molecule has 1 atom stereocenters. The summed E-state index contributed by atoms with van der Waals surface area (Å²) < 4.78 is 0. The quantitative estimate of drug-likeness (QED) is 0.727. The summed E-state index contributed by atoms with van der Waals surface area (Å²) in [4.78, 5) is 17.7. The van der Waals surface area contributed by atoms with Crippen molar-refractivity contribution in [3.8, 4) is 0 Å². The van der Waals surface area contributed by atoms with E-state index >= 15 is 0 Å². The van der Waals surface area contributed by atoms with Crippen molar-refractivity contribution in [3.63, 3.8) is 0 Å². The number of carbonyl (C=O) groups is 1. The molecule has 1 saturated heterocycles. The molecule has 0 saturated carbocycles. The number of likely N-dealkylation sites (N-methyl/N-ethyl adjacent to an activating group) is 1. The van der Waals surface area contributed by atoms with Crippen LogP contribution in [0.3, 0.4) is 0 Å². The number of H-pyrrole nitrogens is 1. The van der Waals surface area contributed by atoms with Crippen molar-refractivity contribution < 1.29 is 4.79 Å². The van der Waals surface area contributed by atoms with Crippen LogP contribution in [0.1, 0.15) is 23.3 Å². The van der Waals surface area contributed by atoms with E-state index < -0.39 is 0 Å². The summed E-state index contributed by atoms with van der Waals surface area (Å²) in [5, 5.41) is 4.06. The Labute approximate surface area is 118 Å². The summed E-state index contributed by atoms with van der Waals surface area (Å²) in [6.07, 6.45) is 2.17. The van der Waals surface area contributed by atoms with Gasteiger partial charge in [-0.05, 0) is 38.6 Å². The first-order valence-electron chi connectivity index (χ1n) is 7.00. The second-order valence-electron chi connectivity index (χ2n) is 5.57. The highest BCUT2D eigenvalue weighted by molar-refractivity contribution is 6.00. The Morgan fingerprint density at radius 3 is 3.10 bits per heavy atom. The molecule has 20 heavy (non-hydrogen) atoms. The molecule has 1 aromatic heterocycles. The van der Waals surface area contributed by atoms with Gasteiger partial charge in [-0.3, -0.25) is 4.79 Å². The number of nitrogens with one attached hydrogen (secondary N) is 2. The number of amides is 1. The van der Waals surface area contributed by atoms with Gasteiger partial charge in [0.25, 0.3) is 5.91 Å². The van der Waals surface area contributed by atoms with Crippen LogP contribution in [0.2, 0.25) is 0 Å². The third-order valence-corrected chi connectivity index (χ3v) is 3.89. The highest BCUT2D eigenvalue weighted by atomic mass is 16.1. The summed E-state index contributed by atoms with van der Waals surface area (Å²) in [6.45, 7) is 2.02. The SMILES string of the molecule is CN1CCCC(NC(=O)c2cc3cccc(N)c3[nH]2)C1. The number of nitrogens with two attached hydrogens (primary N) is 1. The fourth-order valence-electron chi connectivity index (χ4n) is 2.85. The van der Waals surface area contributed by atoms with E-state index in [1.165, 1.54) is 0 Å². The summed E-state index contributed by atoms with van der Waals surface area (Å²) in [5.41, 5.74) is 7.98. The van der Waals surface area contributed by atoms with Crippen molar-refractivity contribution >= 4 is 22.5 Å². The average Bonchev–Trinajstić information content (AvgIpc) is 2.84. The monoisotopic (exact) mass is 272 g/mol. The highest BCUT2D eigenvalue weighted by Crippen LogP contribution is 2.21. The van der Waals surface area contributed by atoms with Crippen LogP contribution < -0.4 is 11.1 Å². The van der Waals surface area contributed by atoms with Crippen LogP contribution in [0.4, 0.5) is 5.69 Å². The number of carbonyl (C=O) groups excluding carboxylic acids is 1. The van der Waals surface area contributed by atoms with Gasteiger partial charge < -0.3 is 20.9 Å². The topological polar surface area (TPSA) is 74.2 Å². The fourth-order valence-corrected chi connectivity index (χ4v) is 2.85. The summed E-state index contributed by atoms with van der Waals surface area (Å²) >= 11 is 0. The molecule has 0 aliphatic carbocycles. The second kappa shape index (κ2) is 5.17. The zero-order chi connectivity index (χ0) is 14.1. The number of piperidine rings is 1. The number of hydrogen-bond donors (Lipinski definition) is 3. The van der Waals surface area contributed by atoms with Gasteiger partial charge in [-0.25, -0.2) is 0 Å². The smallest absolute Gasteiger partial charge is 0.267 e. The number of nitrogens with zero attached hydrogens (tertiary/aromatic N) is 1. The number of benzene rings is 1. The zero-order valence-corrected chi connectivity index (χ0v) is 11.6. The van der Waals surface area contributed by atoms with Crippen LogP contribution in [0.5, 0.6) is 0 Å². The molecule has 4 N–H and O–H groups in total. The van der Waals surface area contributed by atoms with Crippen molar-refractivity contribution in [2.24, 2.45) is 0 Å². The van der Waals surface area contributed by atoms with E-state index in [9.17, 15) is 4.79 Å². The number of para-hydroxylation sites is 1. The van der Waals surface area contributed by atoms with Crippen LogP contribution >= 0.6 is 0 Å². The number of likely N-dealkylation sites (tertiary alicyclic amines) is 1. The predicted molar refractivity (Wildman–Crippen MR) is 80.7 cm³/mol. The van der Waals surface area contributed by atoms with Crippen LogP contribution in [0, 0.1) is 0 Å². The Morgan fingerprint density at radius 1 is 1.50 bits per heavy atom. The number of anilines is 1. The molecule has 106 valence electrons. The summed E-state index contributed by atoms with van der Waals surface area (Å²) in [5.74, 6) is -0.0547. The number of aromatic amines is 1. The molecule has 1 unspecified atom stereocenters. The molecular formula is C15H20N4O. The molecule has 1 fully saturated rings. The fraction of sp³-hybridized carbons (Fsp3) is 0.400. The first kappa shape index (κ1) is 13.0. The molecule has 0 spiro atoms. The van der Waals surface area contributed by atoms with E-state index in [2.05, 4.69) is 22.2 Å². The minimum absolute atomic E-state index is 0.0547. The molecule has 2 heterocycles. The largest absolute Gasteiger partial charge is 0.397 e. The maximum Gasteiger partial charge on any atom is 0.267 e. The molecular weight excluding hydrogens is 252 g/mol. The predicted octanol–water partition coefficient (Wildman–Crippen LogP) is 1.57. The average molecular weight is 272 g/mol. The van der Waals surface area contributed by atoms with E-state index in [1.54, 1.807) is 0 Å². The van der Waals surface area contributed by atoms with Gasteiger partial charge in [0.15, 0.2) is 0 Å². The lowest BCUT2D eigenvalue weighted by atomic mass is 10.1. The van der Waals surface area contributed by atoms with E-state index in [0.717, 1.165) is 36.8 Å². The summed E-state index contributed by atoms with van der Waals surface area (Å²) in [7, 11) is 2.09. The van der Waals surface area contributed by atoms with E-state index in [-0.39, 0.29) is 11.9 Å². The second-order valence-corrected chi connectivity index (χ2v) is 5.57. The number of rotatable bonds is 2. The minimum atomic E-state index is -0.0547. The van der Waals surface area contributed by atoms with Crippen LogP contribution in [0.15, 0.2) is 24.3 Å². The zero-order valence-electron chi connectivity index (χ0n) is 11.6. The van der Waals surface area contributed by atoms with Gasteiger partial charge in [0.05, 0.1) is 11.2 Å². The van der Waals surface area contributed by atoms with E-state index in [1.807, 2.05) is 24.3 Å². The van der Waals surface area contributed by atoms with Crippen LogP contribution in [-0.2, 0) is 0 Å². The van der Waals surface area contributed by atoms with Gasteiger partial charge in [-0.15, -0.1) is 0 Å². The van der Waals surface area contributed by atoms with Crippen molar-refractivity contribution in [3.05, 3.63) is 30.0 Å². The lowest BCUT2D eigenvalue weighted by molar-refractivity contribution is 0.0908. The molecule has 1 aliphatic rings. The van der Waals surface area contributed by atoms with E-state index in [0.29, 0.717) is 11.4 Å². The first-order valence-corrected chi connectivity index (χ1v) is 7.00. The third kappa shape index (κ3) is 2.49. The van der Waals surface area contributed by atoms with Crippen molar-refractivity contribution in [2.45, 2.75) is 18.9 Å². The van der Waals surface area contributed by atoms with Gasteiger partial charge in [0.1, 0.15) is 5.69 Å². The van der Waals surface area contributed by atoms with Crippen molar-refractivity contribution in [1.82, 2.24) is 15.2 Å². The van der Waals surface area contributed by atoms with Gasteiger partial charge in [-0.2, -0.15) is 0 Å². The maximum atomic E-state index is 12.3. The molecule has 3 rings (SSSR count). The van der Waals surface area contributed by atoms with Gasteiger partial charge >= 0.3 is 0 Å². The van der Waals surface area contributed by atoms with Crippen LogP contribution in [0.25, 0.3) is 10.9 Å². The lowest BCUT2D eigenvalue weighted by Gasteiger charge is -2.30. The number of hydrogen-bond acceptors (Lipinski definition) is 3. The molecule has 1 amide bonds. The first-order chi connectivity index (χ1) is 9.63. The van der Waals surface area contributed by atoms with E-state index in [4.69, 9.17) is 5.73 Å². The molecule has 1 aromatic carbocycles.